The molecule has 0 heterocycles. The molecule has 0 unspecified atom stereocenters. The van der Waals surface area contributed by atoms with Crippen LogP contribution in [0, 0.1) is 17.0 Å². The molecule has 126 valence electrons. The molecule has 1 amide bonds. The maximum Gasteiger partial charge on any atom is 0.292 e. The molecule has 2 aromatic carbocycles. The molecule has 0 spiro atoms. The average Bonchev–Trinajstić information content (AvgIpc) is 2.52. The van der Waals surface area contributed by atoms with Gasteiger partial charge in [0.1, 0.15) is 18.0 Å². The molecule has 2 aromatic rings. The Kier molecular flexibility index (Phi) is 5.73. The number of nitro benzene ring substituents is 1. The Morgan fingerprint density at radius 3 is 2.71 bits per heavy atom. The number of amides is 1. The minimum absolute atomic E-state index is 0.0441. The van der Waals surface area contributed by atoms with Gasteiger partial charge in [-0.05, 0) is 24.6 Å². The monoisotopic (exact) mass is 329 g/mol. The second kappa shape index (κ2) is 7.96. The number of nitrogens with zero attached hydrogens (tertiary/aromatic N) is 1. The smallest absolute Gasteiger partial charge is 0.292 e. The predicted octanol–water partition coefficient (Wildman–Crippen LogP) is 3.35. The molecular formula is C17H19N3O4. The van der Waals surface area contributed by atoms with E-state index in [1.807, 2.05) is 13.0 Å². The first-order valence-electron chi connectivity index (χ1n) is 7.45. The van der Waals surface area contributed by atoms with E-state index in [2.05, 4.69) is 10.6 Å². The van der Waals surface area contributed by atoms with E-state index in [0.717, 1.165) is 5.56 Å². The van der Waals surface area contributed by atoms with Crippen LogP contribution < -0.4 is 15.4 Å². The summed E-state index contributed by atoms with van der Waals surface area (Å²) in [5, 5.41) is 16.8. The zero-order valence-corrected chi connectivity index (χ0v) is 13.5. The highest BCUT2D eigenvalue weighted by Crippen LogP contribution is 2.27. The molecule has 0 saturated carbocycles. The Bertz CT molecular complexity index is 746. The number of nitro groups is 1. The molecule has 7 nitrogen and oxygen atoms in total. The zero-order chi connectivity index (χ0) is 17.5. The molecule has 0 fully saturated rings. The van der Waals surface area contributed by atoms with Crippen molar-refractivity contribution in [3.8, 4) is 5.75 Å². The average molecular weight is 329 g/mol. The van der Waals surface area contributed by atoms with Crippen LogP contribution >= 0.6 is 0 Å². The van der Waals surface area contributed by atoms with Gasteiger partial charge in [-0.1, -0.05) is 18.2 Å². The number of para-hydroxylation sites is 1. The van der Waals surface area contributed by atoms with Crippen LogP contribution in [0.25, 0.3) is 0 Å². The van der Waals surface area contributed by atoms with Crippen molar-refractivity contribution in [2.45, 2.75) is 13.8 Å². The van der Waals surface area contributed by atoms with E-state index < -0.39 is 4.92 Å². The summed E-state index contributed by atoms with van der Waals surface area (Å²) in [6, 6.07) is 12.0. The van der Waals surface area contributed by atoms with Crippen molar-refractivity contribution in [1.82, 2.24) is 0 Å². The van der Waals surface area contributed by atoms with Gasteiger partial charge in [0, 0.05) is 31.3 Å². The third kappa shape index (κ3) is 4.70. The van der Waals surface area contributed by atoms with Gasteiger partial charge in [0.15, 0.2) is 0 Å². The predicted molar refractivity (Wildman–Crippen MR) is 92.6 cm³/mol. The molecule has 0 atom stereocenters. The summed E-state index contributed by atoms with van der Waals surface area (Å²) in [7, 11) is 0. The van der Waals surface area contributed by atoms with Crippen LogP contribution in [0.15, 0.2) is 42.5 Å². The Labute approximate surface area is 139 Å². The number of nitrogens with one attached hydrogen (secondary N) is 2. The topological polar surface area (TPSA) is 93.5 Å². The molecule has 0 aliphatic rings. The number of hydrogen-bond donors (Lipinski definition) is 2. The van der Waals surface area contributed by atoms with Crippen molar-refractivity contribution in [2.75, 3.05) is 23.8 Å². The van der Waals surface area contributed by atoms with Gasteiger partial charge >= 0.3 is 0 Å². The fourth-order valence-corrected chi connectivity index (χ4v) is 2.25. The lowest BCUT2D eigenvalue weighted by Gasteiger charge is -2.11. The van der Waals surface area contributed by atoms with E-state index in [1.165, 1.54) is 13.0 Å². The number of aryl methyl sites for hydroxylation is 1. The molecular weight excluding hydrogens is 310 g/mol. The first kappa shape index (κ1) is 17.3. The highest BCUT2D eigenvalue weighted by atomic mass is 16.6. The highest BCUT2D eigenvalue weighted by molar-refractivity contribution is 5.88. The minimum Gasteiger partial charge on any atom is -0.492 e. The quantitative estimate of drug-likeness (QED) is 0.461. The number of ether oxygens (including phenoxy) is 1. The van der Waals surface area contributed by atoms with Gasteiger partial charge in [-0.15, -0.1) is 0 Å². The minimum atomic E-state index is -0.410. The van der Waals surface area contributed by atoms with Gasteiger partial charge in [-0.25, -0.2) is 0 Å². The number of carbonyl (C=O) groups excluding carboxylic acids is 1. The summed E-state index contributed by atoms with van der Waals surface area (Å²) in [6.45, 7) is 3.99. The molecule has 7 heteroatoms. The zero-order valence-electron chi connectivity index (χ0n) is 13.5. The fourth-order valence-electron chi connectivity index (χ4n) is 2.25. The van der Waals surface area contributed by atoms with Crippen LogP contribution in [0.1, 0.15) is 12.5 Å². The van der Waals surface area contributed by atoms with Crippen molar-refractivity contribution < 1.29 is 14.5 Å². The van der Waals surface area contributed by atoms with Crippen LogP contribution in [0.3, 0.4) is 0 Å². The summed E-state index contributed by atoms with van der Waals surface area (Å²) in [4.78, 5) is 21.7. The van der Waals surface area contributed by atoms with Crippen molar-refractivity contribution >= 4 is 23.0 Å². The van der Waals surface area contributed by atoms with E-state index >= 15 is 0 Å². The maximum atomic E-state index is 11.1. The maximum absolute atomic E-state index is 11.1. The van der Waals surface area contributed by atoms with Crippen molar-refractivity contribution in [3.05, 3.63) is 58.1 Å². The van der Waals surface area contributed by atoms with Crippen LogP contribution in [0.4, 0.5) is 17.1 Å². The Hall–Kier alpha value is -3.09. The normalized spacial score (nSPS) is 10.1. The largest absolute Gasteiger partial charge is 0.492 e. The van der Waals surface area contributed by atoms with Gasteiger partial charge in [-0.2, -0.15) is 0 Å². The number of hydrogen-bond acceptors (Lipinski definition) is 5. The molecule has 24 heavy (non-hydrogen) atoms. The summed E-state index contributed by atoms with van der Waals surface area (Å²) in [5.74, 6) is 0.461. The molecule has 0 bridgehead atoms. The lowest BCUT2D eigenvalue weighted by molar-refractivity contribution is -0.384. The molecule has 2 N–H and O–H groups in total. The second-order valence-electron chi connectivity index (χ2n) is 5.21. The summed E-state index contributed by atoms with van der Waals surface area (Å²) >= 11 is 0. The molecule has 0 radical (unpaired) electrons. The third-order valence-corrected chi connectivity index (χ3v) is 3.27. The number of rotatable bonds is 7. The first-order chi connectivity index (χ1) is 11.5. The van der Waals surface area contributed by atoms with E-state index in [9.17, 15) is 14.9 Å². The molecule has 0 aliphatic carbocycles. The number of anilines is 2. The Morgan fingerprint density at radius 1 is 1.25 bits per heavy atom. The van der Waals surface area contributed by atoms with Gasteiger partial charge < -0.3 is 15.4 Å². The molecule has 0 aliphatic heterocycles. The van der Waals surface area contributed by atoms with Crippen LogP contribution in [0.5, 0.6) is 5.75 Å². The van der Waals surface area contributed by atoms with Gasteiger partial charge in [-0.3, -0.25) is 14.9 Å². The number of carbonyl (C=O) groups is 1. The summed E-state index contributed by atoms with van der Waals surface area (Å²) < 4.78 is 5.61. The summed E-state index contributed by atoms with van der Waals surface area (Å²) in [6.07, 6.45) is 0. The first-order valence-corrected chi connectivity index (χ1v) is 7.45. The Balaban J connectivity index is 1.92. The van der Waals surface area contributed by atoms with E-state index in [1.54, 1.807) is 30.3 Å². The standard InChI is InChI=1S/C17H19N3O4/c1-12-5-3-8-16(20(22)23)17(12)18-9-10-24-15-7-4-6-14(11-15)19-13(2)21/h3-8,11,18H,9-10H2,1-2H3,(H,19,21). The molecule has 0 saturated heterocycles. The van der Waals surface area contributed by atoms with E-state index in [4.69, 9.17) is 4.74 Å². The highest BCUT2D eigenvalue weighted by Gasteiger charge is 2.14. The number of benzene rings is 2. The van der Waals surface area contributed by atoms with Crippen molar-refractivity contribution in [1.29, 1.82) is 0 Å². The van der Waals surface area contributed by atoms with Gasteiger partial charge in [0.2, 0.25) is 5.91 Å². The summed E-state index contributed by atoms with van der Waals surface area (Å²) in [5.41, 5.74) is 2.00. The lowest BCUT2D eigenvalue weighted by atomic mass is 10.1. The van der Waals surface area contributed by atoms with Crippen LogP contribution in [-0.2, 0) is 4.79 Å². The molecule has 0 aromatic heterocycles. The van der Waals surface area contributed by atoms with Crippen molar-refractivity contribution in [2.24, 2.45) is 0 Å². The van der Waals surface area contributed by atoms with Gasteiger partial charge in [0.05, 0.1) is 4.92 Å². The Morgan fingerprint density at radius 2 is 2.00 bits per heavy atom. The second-order valence-corrected chi connectivity index (χ2v) is 5.21. The van der Waals surface area contributed by atoms with Crippen molar-refractivity contribution in [3.63, 3.8) is 0 Å². The molecule has 2 rings (SSSR count). The van der Waals surface area contributed by atoms with Gasteiger partial charge in [0.25, 0.3) is 5.69 Å². The lowest BCUT2D eigenvalue weighted by Crippen LogP contribution is -2.13. The third-order valence-electron chi connectivity index (χ3n) is 3.27. The van der Waals surface area contributed by atoms with Crippen LogP contribution in [-0.4, -0.2) is 24.0 Å². The van der Waals surface area contributed by atoms with Crippen LogP contribution in [0.2, 0.25) is 0 Å². The SMILES string of the molecule is CC(=O)Nc1cccc(OCCNc2c(C)cccc2[N+](=O)[O-])c1. The van der Waals surface area contributed by atoms with E-state index in [-0.39, 0.29) is 11.6 Å². The fraction of sp³-hybridized carbons (Fsp3) is 0.235. The van der Waals surface area contributed by atoms with E-state index in [0.29, 0.717) is 30.3 Å².